The van der Waals surface area contributed by atoms with Crippen molar-refractivity contribution in [1.29, 1.82) is 0 Å². The highest BCUT2D eigenvalue weighted by Gasteiger charge is 2.63. The van der Waals surface area contributed by atoms with E-state index in [2.05, 4.69) is 20.6 Å². The Labute approximate surface area is 195 Å². The van der Waals surface area contributed by atoms with Gasteiger partial charge in [0.25, 0.3) is 0 Å². The predicted molar refractivity (Wildman–Crippen MR) is 121 cm³/mol. The molecule has 6 nitrogen and oxygen atoms in total. The molecule has 2 aromatic heterocycles. The summed E-state index contributed by atoms with van der Waals surface area (Å²) in [5, 5.41) is 17.5. The topological polar surface area (TPSA) is 60.6 Å². The van der Waals surface area contributed by atoms with Crippen molar-refractivity contribution in [3.8, 4) is 11.4 Å². The summed E-state index contributed by atoms with van der Waals surface area (Å²) < 4.78 is 42.7. The average Bonchev–Trinajstić information content (AvgIpc) is 3.05. The number of halogens is 3. The zero-order chi connectivity index (χ0) is 23.4. The number of benzene rings is 1. The van der Waals surface area contributed by atoms with E-state index in [4.69, 9.17) is 0 Å². The number of fused-ring (bicyclic) bond motifs is 1. The van der Waals surface area contributed by atoms with Gasteiger partial charge in [-0.25, -0.2) is 0 Å². The molecule has 1 aliphatic heterocycles. The standard InChI is InChI=1S/C23H27F3N6S/c1-14-18(13-28-32(14)3)20-29-30-21(31(20)2)33-10-4-5-19-22(11-17(22)12-27-19)15-6-8-16(9-7-15)23(24,25)26/h6-9,13,17,19,27H,4-5,10-12H2,1-3H3. The number of alkyl halides is 3. The van der Waals surface area contributed by atoms with Crippen molar-refractivity contribution in [2.45, 2.75) is 49.0 Å². The van der Waals surface area contributed by atoms with Crippen LogP contribution in [0.4, 0.5) is 13.2 Å². The van der Waals surface area contributed by atoms with Crippen molar-refractivity contribution in [3.63, 3.8) is 0 Å². The molecule has 33 heavy (non-hydrogen) atoms. The summed E-state index contributed by atoms with van der Waals surface area (Å²) in [5.74, 6) is 2.24. The van der Waals surface area contributed by atoms with E-state index in [0.29, 0.717) is 12.0 Å². The monoisotopic (exact) mass is 476 g/mol. The Morgan fingerprint density at radius 3 is 2.58 bits per heavy atom. The minimum atomic E-state index is -4.29. The zero-order valence-corrected chi connectivity index (χ0v) is 19.7. The summed E-state index contributed by atoms with van der Waals surface area (Å²) in [5.41, 5.74) is 2.47. The van der Waals surface area contributed by atoms with Crippen LogP contribution >= 0.6 is 11.8 Å². The van der Waals surface area contributed by atoms with Crippen LogP contribution in [0, 0.1) is 12.8 Å². The van der Waals surface area contributed by atoms with Crippen LogP contribution in [0.2, 0.25) is 0 Å². The third kappa shape index (κ3) is 3.86. The van der Waals surface area contributed by atoms with E-state index in [1.807, 2.05) is 36.5 Å². The molecule has 0 spiro atoms. The summed E-state index contributed by atoms with van der Waals surface area (Å²) >= 11 is 1.68. The van der Waals surface area contributed by atoms with Crippen LogP contribution in [0.15, 0.2) is 35.6 Å². The van der Waals surface area contributed by atoms with Gasteiger partial charge in [0.15, 0.2) is 11.0 Å². The Morgan fingerprint density at radius 2 is 1.94 bits per heavy atom. The van der Waals surface area contributed by atoms with E-state index in [1.54, 1.807) is 23.9 Å². The number of piperidine rings is 1. The van der Waals surface area contributed by atoms with E-state index in [9.17, 15) is 13.2 Å². The third-order valence-corrected chi connectivity index (χ3v) is 8.42. The second-order valence-electron chi connectivity index (χ2n) is 9.10. The highest BCUT2D eigenvalue weighted by molar-refractivity contribution is 7.99. The fourth-order valence-electron chi connectivity index (χ4n) is 5.22. The molecule has 0 radical (unpaired) electrons. The van der Waals surface area contributed by atoms with Crippen molar-refractivity contribution in [3.05, 3.63) is 47.3 Å². The van der Waals surface area contributed by atoms with Crippen LogP contribution in [0.5, 0.6) is 0 Å². The molecule has 176 valence electrons. The normalized spacial score (nSPS) is 24.3. The lowest BCUT2D eigenvalue weighted by molar-refractivity contribution is -0.137. The molecule has 3 unspecified atom stereocenters. The van der Waals surface area contributed by atoms with Gasteiger partial charge in [0.2, 0.25) is 0 Å². The van der Waals surface area contributed by atoms with Gasteiger partial charge in [-0.05, 0) is 56.3 Å². The van der Waals surface area contributed by atoms with Crippen molar-refractivity contribution >= 4 is 11.8 Å². The Morgan fingerprint density at radius 1 is 1.18 bits per heavy atom. The number of aromatic nitrogens is 5. The number of rotatable bonds is 7. The van der Waals surface area contributed by atoms with Gasteiger partial charge >= 0.3 is 6.18 Å². The Balaban J connectivity index is 1.19. The maximum atomic E-state index is 12.9. The van der Waals surface area contributed by atoms with Crippen LogP contribution in [0.3, 0.4) is 0 Å². The predicted octanol–water partition coefficient (Wildman–Crippen LogP) is 4.34. The highest BCUT2D eigenvalue weighted by atomic mass is 32.2. The minimum Gasteiger partial charge on any atom is -0.313 e. The van der Waals surface area contributed by atoms with Crippen LogP contribution < -0.4 is 5.32 Å². The molecule has 0 amide bonds. The molecule has 2 aliphatic rings. The zero-order valence-electron chi connectivity index (χ0n) is 18.9. The van der Waals surface area contributed by atoms with Crippen molar-refractivity contribution in [2.75, 3.05) is 12.3 Å². The van der Waals surface area contributed by atoms with Gasteiger partial charge < -0.3 is 9.88 Å². The van der Waals surface area contributed by atoms with Crippen molar-refractivity contribution in [1.82, 2.24) is 29.9 Å². The second-order valence-corrected chi connectivity index (χ2v) is 10.2. The maximum Gasteiger partial charge on any atom is 0.416 e. The molecule has 1 aromatic carbocycles. The average molecular weight is 477 g/mol. The van der Waals surface area contributed by atoms with Gasteiger partial charge in [-0.3, -0.25) is 4.68 Å². The number of nitrogens with zero attached hydrogens (tertiary/aromatic N) is 5. The SMILES string of the molecule is Cc1c(-c2nnc(SCCCC3NCC4CC43c3ccc(C(F)(F)F)cc3)n2C)cnn1C. The molecule has 1 aliphatic carbocycles. The first-order valence-corrected chi connectivity index (χ1v) is 12.1. The fraction of sp³-hybridized carbons (Fsp3) is 0.522. The van der Waals surface area contributed by atoms with Crippen LogP contribution in [-0.4, -0.2) is 42.9 Å². The summed E-state index contributed by atoms with van der Waals surface area (Å²) in [4.78, 5) is 0. The molecule has 2 fully saturated rings. The number of nitrogens with one attached hydrogen (secondary N) is 1. The lowest BCUT2D eigenvalue weighted by atomic mass is 9.85. The van der Waals surface area contributed by atoms with Crippen molar-refractivity contribution < 1.29 is 13.2 Å². The Hall–Kier alpha value is -2.33. The van der Waals surface area contributed by atoms with Gasteiger partial charge in [-0.2, -0.15) is 18.3 Å². The second kappa shape index (κ2) is 8.16. The van der Waals surface area contributed by atoms with Gasteiger partial charge in [0.1, 0.15) is 0 Å². The lowest BCUT2D eigenvalue weighted by Crippen LogP contribution is -2.34. The maximum absolute atomic E-state index is 12.9. The molecule has 0 bridgehead atoms. The number of hydrogen-bond acceptors (Lipinski definition) is 5. The molecule has 10 heteroatoms. The molecule has 1 N–H and O–H groups in total. The van der Waals surface area contributed by atoms with Crippen molar-refractivity contribution in [2.24, 2.45) is 20.0 Å². The molecule has 5 rings (SSSR count). The number of thioether (sulfide) groups is 1. The molecular formula is C23H27F3N6S. The lowest BCUT2D eigenvalue weighted by Gasteiger charge is -2.24. The molecule has 3 heterocycles. The number of aryl methyl sites for hydroxylation is 1. The molecule has 1 saturated carbocycles. The van der Waals surface area contributed by atoms with Gasteiger partial charge in [0, 0.05) is 37.0 Å². The smallest absolute Gasteiger partial charge is 0.313 e. The minimum absolute atomic E-state index is 0.00935. The van der Waals surface area contributed by atoms with E-state index in [-0.39, 0.29) is 5.41 Å². The van der Waals surface area contributed by atoms with Crippen LogP contribution in [-0.2, 0) is 25.7 Å². The first-order chi connectivity index (χ1) is 15.7. The largest absolute Gasteiger partial charge is 0.416 e. The highest BCUT2D eigenvalue weighted by Crippen LogP contribution is 2.60. The molecule has 1 saturated heterocycles. The fourth-order valence-corrected chi connectivity index (χ4v) is 6.10. The van der Waals surface area contributed by atoms with E-state index >= 15 is 0 Å². The first kappa shape index (κ1) is 22.5. The van der Waals surface area contributed by atoms with Gasteiger partial charge in [-0.15, -0.1) is 10.2 Å². The quantitative estimate of drug-likeness (QED) is 0.406. The van der Waals surface area contributed by atoms with Crippen LogP contribution in [0.1, 0.15) is 36.1 Å². The summed E-state index contributed by atoms with van der Waals surface area (Å²) in [6, 6.07) is 6.10. The molecule has 3 atom stereocenters. The van der Waals surface area contributed by atoms with Gasteiger partial charge in [-0.1, -0.05) is 23.9 Å². The first-order valence-electron chi connectivity index (χ1n) is 11.1. The summed E-state index contributed by atoms with van der Waals surface area (Å²) in [7, 11) is 3.88. The third-order valence-electron chi connectivity index (χ3n) is 7.31. The van der Waals surface area contributed by atoms with Crippen LogP contribution in [0.25, 0.3) is 11.4 Å². The summed E-state index contributed by atoms with van der Waals surface area (Å²) in [6.07, 6.45) is 0.550. The van der Waals surface area contributed by atoms with Gasteiger partial charge in [0.05, 0.1) is 17.3 Å². The van der Waals surface area contributed by atoms with E-state index in [1.165, 1.54) is 12.1 Å². The van der Waals surface area contributed by atoms with E-state index in [0.717, 1.165) is 59.4 Å². The Bertz CT molecular complexity index is 1150. The molecular weight excluding hydrogens is 449 g/mol. The van der Waals surface area contributed by atoms with E-state index < -0.39 is 11.7 Å². The number of hydrogen-bond donors (Lipinski definition) is 1. The Kier molecular flexibility index (Phi) is 5.55. The molecule has 3 aromatic rings. The summed E-state index contributed by atoms with van der Waals surface area (Å²) in [6.45, 7) is 2.95.